The molecule has 6 nitrogen and oxygen atoms in total. The highest BCUT2D eigenvalue weighted by Crippen LogP contribution is 2.42. The number of ether oxygens (including phenoxy) is 1. The number of carbonyl (C=O) groups is 1. The van der Waals surface area contributed by atoms with Gasteiger partial charge in [-0.15, -0.1) is 11.8 Å². The predicted molar refractivity (Wildman–Crippen MR) is 134 cm³/mol. The molecule has 2 aromatic heterocycles. The number of aryl methyl sites for hydroxylation is 1. The fourth-order valence-electron chi connectivity index (χ4n) is 3.52. The smallest absolute Gasteiger partial charge is 0.355 e. The molecule has 0 spiro atoms. The Labute approximate surface area is 209 Å². The predicted octanol–water partition coefficient (Wildman–Crippen LogP) is 6.97. The zero-order valence-corrected chi connectivity index (χ0v) is 21.2. The Morgan fingerprint density at radius 1 is 1.24 bits per heavy atom. The minimum absolute atomic E-state index is 0.0711. The van der Waals surface area contributed by atoms with Crippen LogP contribution >= 0.6 is 34.7 Å². The van der Waals surface area contributed by atoms with E-state index in [-0.39, 0.29) is 10.9 Å². The molecule has 0 aliphatic rings. The van der Waals surface area contributed by atoms with E-state index >= 15 is 0 Å². The standard InChI is InChI=1S/C24H21ClFN3O3S2/c1-12(2)33-23-20(15-8-9-17(25)18(11-15)32-4)27-24(34-23)29-21(22(30)31)19(13(3)28-29)14-6-5-7-16(26)10-14/h5-12H,1-4H3,(H,30,31). The molecule has 2 aromatic carbocycles. The topological polar surface area (TPSA) is 77.2 Å². The Hall–Kier alpha value is -2.88. The largest absolute Gasteiger partial charge is 0.495 e. The lowest BCUT2D eigenvalue weighted by atomic mass is 10.0. The molecule has 10 heteroatoms. The first-order chi connectivity index (χ1) is 16.2. The van der Waals surface area contributed by atoms with Crippen LogP contribution in [0.1, 0.15) is 30.0 Å². The number of carboxylic acids is 1. The molecule has 4 aromatic rings. The Morgan fingerprint density at radius 2 is 2.00 bits per heavy atom. The first-order valence-electron chi connectivity index (χ1n) is 10.3. The van der Waals surface area contributed by atoms with Crippen molar-refractivity contribution in [1.82, 2.24) is 14.8 Å². The zero-order valence-electron chi connectivity index (χ0n) is 18.8. The normalized spacial score (nSPS) is 11.3. The number of rotatable bonds is 7. The van der Waals surface area contributed by atoms with E-state index in [1.165, 1.54) is 28.2 Å². The van der Waals surface area contributed by atoms with E-state index in [1.807, 2.05) is 6.07 Å². The summed E-state index contributed by atoms with van der Waals surface area (Å²) in [5, 5.41) is 15.7. The lowest BCUT2D eigenvalue weighted by Gasteiger charge is -2.07. The van der Waals surface area contributed by atoms with Crippen LogP contribution in [-0.2, 0) is 0 Å². The first-order valence-corrected chi connectivity index (χ1v) is 12.4. The maximum Gasteiger partial charge on any atom is 0.355 e. The van der Waals surface area contributed by atoms with Crippen molar-refractivity contribution in [1.29, 1.82) is 0 Å². The summed E-state index contributed by atoms with van der Waals surface area (Å²) in [6, 6.07) is 11.2. The summed E-state index contributed by atoms with van der Waals surface area (Å²) in [5.41, 5.74) is 2.67. The summed E-state index contributed by atoms with van der Waals surface area (Å²) in [5.74, 6) is -1.11. The Morgan fingerprint density at radius 3 is 2.65 bits per heavy atom. The lowest BCUT2D eigenvalue weighted by molar-refractivity contribution is 0.0688. The summed E-state index contributed by atoms with van der Waals surface area (Å²) in [6.07, 6.45) is 0. The van der Waals surface area contributed by atoms with Crippen LogP contribution < -0.4 is 4.74 Å². The van der Waals surface area contributed by atoms with Gasteiger partial charge in [-0.2, -0.15) is 9.78 Å². The molecular formula is C24H21ClFN3O3S2. The maximum absolute atomic E-state index is 13.9. The van der Waals surface area contributed by atoms with Gasteiger partial charge >= 0.3 is 5.97 Å². The maximum atomic E-state index is 13.9. The van der Waals surface area contributed by atoms with E-state index in [0.29, 0.717) is 38.4 Å². The number of nitrogens with zero attached hydrogens (tertiary/aromatic N) is 3. The minimum atomic E-state index is -1.18. The molecule has 0 radical (unpaired) electrons. The number of hydrogen-bond donors (Lipinski definition) is 1. The monoisotopic (exact) mass is 517 g/mol. The van der Waals surface area contributed by atoms with Crippen molar-refractivity contribution in [2.75, 3.05) is 7.11 Å². The van der Waals surface area contributed by atoms with Gasteiger partial charge in [0.25, 0.3) is 0 Å². The van der Waals surface area contributed by atoms with Crippen molar-refractivity contribution in [3.8, 4) is 33.3 Å². The molecule has 0 atom stereocenters. The molecule has 34 heavy (non-hydrogen) atoms. The van der Waals surface area contributed by atoms with Gasteiger partial charge < -0.3 is 9.84 Å². The van der Waals surface area contributed by atoms with Crippen molar-refractivity contribution in [3.63, 3.8) is 0 Å². The number of carboxylic acid groups (broad SMARTS) is 1. The third-order valence-electron chi connectivity index (χ3n) is 4.91. The highest BCUT2D eigenvalue weighted by molar-refractivity contribution is 8.01. The zero-order chi connectivity index (χ0) is 24.6. The van der Waals surface area contributed by atoms with Crippen LogP contribution in [0.25, 0.3) is 27.5 Å². The fourth-order valence-corrected chi connectivity index (χ4v) is 6.20. The summed E-state index contributed by atoms with van der Waals surface area (Å²) in [7, 11) is 1.54. The average Bonchev–Trinajstić information content (AvgIpc) is 3.34. The second-order valence-electron chi connectivity index (χ2n) is 7.68. The van der Waals surface area contributed by atoms with Gasteiger partial charge in [-0.25, -0.2) is 14.2 Å². The second-order valence-corrected chi connectivity index (χ2v) is 10.9. The summed E-state index contributed by atoms with van der Waals surface area (Å²) in [4.78, 5) is 17.1. The highest BCUT2D eigenvalue weighted by atomic mass is 35.5. The van der Waals surface area contributed by atoms with Gasteiger partial charge in [-0.1, -0.05) is 55.0 Å². The number of halogens is 2. The SMILES string of the molecule is COc1cc(-c2nc(-n3nc(C)c(-c4cccc(F)c4)c3C(=O)O)sc2SC(C)C)ccc1Cl. The molecule has 0 bridgehead atoms. The number of aromatic carboxylic acids is 1. The Balaban J connectivity index is 1.92. The molecule has 4 rings (SSSR count). The van der Waals surface area contributed by atoms with E-state index in [1.54, 1.807) is 50.1 Å². The van der Waals surface area contributed by atoms with Gasteiger partial charge in [-0.05, 0) is 36.8 Å². The molecule has 0 saturated heterocycles. The Kier molecular flexibility index (Phi) is 6.97. The molecule has 0 aliphatic heterocycles. The van der Waals surface area contributed by atoms with Crippen LogP contribution in [0.2, 0.25) is 5.02 Å². The number of benzene rings is 2. The molecule has 176 valence electrons. The van der Waals surface area contributed by atoms with Gasteiger partial charge in [0.1, 0.15) is 11.6 Å². The van der Waals surface area contributed by atoms with Crippen molar-refractivity contribution >= 4 is 40.7 Å². The van der Waals surface area contributed by atoms with Crippen LogP contribution in [0.3, 0.4) is 0 Å². The van der Waals surface area contributed by atoms with E-state index < -0.39 is 11.8 Å². The molecule has 2 heterocycles. The van der Waals surface area contributed by atoms with Gasteiger partial charge in [0.15, 0.2) is 5.69 Å². The number of thioether (sulfide) groups is 1. The van der Waals surface area contributed by atoms with Crippen molar-refractivity contribution < 1.29 is 19.0 Å². The molecule has 0 aliphatic carbocycles. The lowest BCUT2D eigenvalue weighted by Crippen LogP contribution is -2.09. The van der Waals surface area contributed by atoms with Gasteiger partial charge in [0.2, 0.25) is 5.13 Å². The Bertz CT molecular complexity index is 1380. The number of aromatic nitrogens is 3. The van der Waals surface area contributed by atoms with Gasteiger partial charge in [-0.3, -0.25) is 0 Å². The van der Waals surface area contributed by atoms with Crippen LogP contribution in [-0.4, -0.2) is 38.2 Å². The highest BCUT2D eigenvalue weighted by Gasteiger charge is 2.27. The minimum Gasteiger partial charge on any atom is -0.495 e. The van der Waals surface area contributed by atoms with Crippen molar-refractivity contribution in [3.05, 3.63) is 64.7 Å². The van der Waals surface area contributed by atoms with Crippen LogP contribution in [0, 0.1) is 12.7 Å². The third-order valence-corrected chi connectivity index (χ3v) is 7.46. The van der Waals surface area contributed by atoms with Crippen molar-refractivity contribution in [2.45, 2.75) is 30.2 Å². The molecule has 0 unspecified atom stereocenters. The molecule has 0 amide bonds. The number of methoxy groups -OCH3 is 1. The molecule has 0 saturated carbocycles. The molecule has 1 N–H and O–H groups in total. The third kappa shape index (κ3) is 4.68. The van der Waals surface area contributed by atoms with Crippen LogP contribution in [0.5, 0.6) is 5.75 Å². The van der Waals surface area contributed by atoms with E-state index in [0.717, 1.165) is 9.77 Å². The van der Waals surface area contributed by atoms with Crippen LogP contribution in [0.15, 0.2) is 46.7 Å². The second kappa shape index (κ2) is 9.77. The fraction of sp³-hybridized carbons (Fsp3) is 0.208. The summed E-state index contributed by atoms with van der Waals surface area (Å²) in [6.45, 7) is 5.84. The average molecular weight is 518 g/mol. The van der Waals surface area contributed by atoms with Crippen LogP contribution in [0.4, 0.5) is 4.39 Å². The summed E-state index contributed by atoms with van der Waals surface area (Å²) < 4.78 is 21.5. The van der Waals surface area contributed by atoms with Crippen molar-refractivity contribution in [2.24, 2.45) is 0 Å². The summed E-state index contributed by atoms with van der Waals surface area (Å²) >= 11 is 9.17. The molecular weight excluding hydrogens is 497 g/mol. The van der Waals surface area contributed by atoms with E-state index in [2.05, 4.69) is 18.9 Å². The number of hydrogen-bond acceptors (Lipinski definition) is 6. The van der Waals surface area contributed by atoms with E-state index in [4.69, 9.17) is 21.3 Å². The molecule has 0 fully saturated rings. The van der Waals surface area contributed by atoms with Gasteiger partial charge in [0.05, 0.1) is 27.7 Å². The quantitative estimate of drug-likeness (QED) is 0.267. The van der Waals surface area contributed by atoms with Gasteiger partial charge in [0, 0.05) is 16.4 Å². The number of thiazole rings is 1. The first kappa shape index (κ1) is 24.3. The van der Waals surface area contributed by atoms with E-state index in [9.17, 15) is 14.3 Å².